The van der Waals surface area contributed by atoms with Crippen LogP contribution in [0.4, 0.5) is 24.5 Å². The van der Waals surface area contributed by atoms with Crippen molar-refractivity contribution in [1.82, 2.24) is 0 Å². The second-order valence-electron chi connectivity index (χ2n) is 7.49. The van der Waals surface area contributed by atoms with Crippen molar-refractivity contribution in [1.29, 1.82) is 5.26 Å². The number of aliphatic hydroxyl groups is 1. The molecule has 11 nitrogen and oxygen atoms in total. The Morgan fingerprint density at radius 1 is 1.30 bits per heavy atom. The number of rotatable bonds is 7. The Hall–Kier alpha value is -3.90. The van der Waals surface area contributed by atoms with Gasteiger partial charge in [0.2, 0.25) is 0 Å². The fourth-order valence-corrected chi connectivity index (χ4v) is 3.52. The summed E-state index contributed by atoms with van der Waals surface area (Å²) in [5, 5.41) is 22.0. The molecular weight excluding hydrogens is 523 g/mol. The van der Waals surface area contributed by atoms with Gasteiger partial charge in [-0.3, -0.25) is 14.4 Å². The second kappa shape index (κ2) is 11.9. The lowest BCUT2D eigenvalue weighted by molar-refractivity contribution is -0.274. The molecule has 1 fully saturated rings. The van der Waals surface area contributed by atoms with Gasteiger partial charge in [-0.05, 0) is 42.0 Å². The minimum absolute atomic E-state index is 0. The van der Waals surface area contributed by atoms with Gasteiger partial charge in [0.15, 0.2) is 12.2 Å². The van der Waals surface area contributed by atoms with Crippen molar-refractivity contribution in [3.8, 4) is 11.8 Å². The van der Waals surface area contributed by atoms with E-state index in [-0.39, 0.29) is 43.5 Å². The third-order valence-electron chi connectivity index (χ3n) is 5.15. The van der Waals surface area contributed by atoms with Gasteiger partial charge in [-0.25, -0.2) is 0 Å². The number of aliphatic hydroxyl groups excluding tert-OH is 1. The van der Waals surface area contributed by atoms with E-state index >= 15 is 0 Å². The zero-order valence-electron chi connectivity index (χ0n) is 18.8. The number of ether oxygens (including phenoxy) is 2. The molecule has 2 atom stereocenters. The highest BCUT2D eigenvalue weighted by molar-refractivity contribution is 6.08. The highest BCUT2D eigenvalue weighted by Crippen LogP contribution is 2.31. The number of nitriles is 1. The van der Waals surface area contributed by atoms with Crippen LogP contribution in [-0.2, 0) is 20.9 Å². The molecule has 15 heteroatoms. The zero-order valence-corrected chi connectivity index (χ0v) is 19.6. The predicted octanol–water partition coefficient (Wildman–Crippen LogP) is 1.17. The maximum Gasteiger partial charge on any atom is 0.573 e. The summed E-state index contributed by atoms with van der Waals surface area (Å²) in [6.07, 6.45) is -8.71. The SMILES string of the molecule is Cl.N#Cc1ccc(NC(=O)[C@H](O)[C@H]2OCCN(c3ccc(OC(F)(F)F)cc3C(N)=O)C2=O)cc1CN. The lowest BCUT2D eigenvalue weighted by Crippen LogP contribution is -2.55. The molecule has 3 rings (SSSR count). The second-order valence-corrected chi connectivity index (χ2v) is 7.49. The van der Waals surface area contributed by atoms with Gasteiger partial charge < -0.3 is 36.3 Å². The fourth-order valence-electron chi connectivity index (χ4n) is 3.52. The smallest absolute Gasteiger partial charge is 0.406 e. The molecule has 2 aromatic rings. The number of carbonyl (C=O) groups excluding carboxylic acids is 3. The molecule has 0 radical (unpaired) electrons. The molecule has 37 heavy (non-hydrogen) atoms. The Labute approximate surface area is 214 Å². The highest BCUT2D eigenvalue weighted by atomic mass is 35.5. The number of primary amides is 1. The van der Waals surface area contributed by atoms with Crippen LogP contribution in [-0.4, -0.2) is 54.5 Å². The topological polar surface area (TPSA) is 181 Å². The lowest BCUT2D eigenvalue weighted by Gasteiger charge is -2.34. The molecule has 1 heterocycles. The molecule has 0 aliphatic carbocycles. The van der Waals surface area contributed by atoms with Gasteiger partial charge in [0.05, 0.1) is 29.5 Å². The normalized spacial score (nSPS) is 16.3. The number of carbonyl (C=O) groups is 3. The van der Waals surface area contributed by atoms with Gasteiger partial charge in [-0.15, -0.1) is 25.6 Å². The monoisotopic (exact) mass is 543 g/mol. The molecule has 0 saturated carbocycles. The number of nitrogens with two attached hydrogens (primary N) is 2. The molecule has 1 aliphatic rings. The molecule has 0 unspecified atom stereocenters. The number of anilines is 2. The maximum atomic E-state index is 13.0. The minimum atomic E-state index is -5.02. The van der Waals surface area contributed by atoms with E-state index in [1.54, 1.807) is 0 Å². The third-order valence-corrected chi connectivity index (χ3v) is 5.15. The first kappa shape index (κ1) is 29.3. The molecule has 1 aliphatic heterocycles. The summed E-state index contributed by atoms with van der Waals surface area (Å²) in [5.74, 6) is -3.80. The van der Waals surface area contributed by atoms with Crippen LogP contribution < -0.4 is 26.4 Å². The Morgan fingerprint density at radius 3 is 2.59 bits per heavy atom. The minimum Gasteiger partial charge on any atom is -0.406 e. The molecular formula is C22H21ClF3N5O6. The first-order chi connectivity index (χ1) is 16.9. The number of amides is 3. The van der Waals surface area contributed by atoms with Crippen molar-refractivity contribution >= 4 is 41.5 Å². The van der Waals surface area contributed by atoms with Crippen molar-refractivity contribution in [2.45, 2.75) is 25.1 Å². The van der Waals surface area contributed by atoms with E-state index < -0.39 is 47.6 Å². The van der Waals surface area contributed by atoms with Crippen LogP contribution in [0.2, 0.25) is 0 Å². The van der Waals surface area contributed by atoms with Crippen molar-refractivity contribution in [2.24, 2.45) is 11.5 Å². The first-order valence-corrected chi connectivity index (χ1v) is 10.3. The van der Waals surface area contributed by atoms with Gasteiger partial charge >= 0.3 is 6.36 Å². The number of hydrogen-bond donors (Lipinski definition) is 4. The fraction of sp³-hybridized carbons (Fsp3) is 0.273. The highest BCUT2D eigenvalue weighted by Gasteiger charge is 2.40. The Balaban J connectivity index is 0.00000481. The number of morpholine rings is 1. The molecule has 1 saturated heterocycles. The number of nitrogens with zero attached hydrogens (tertiary/aromatic N) is 2. The van der Waals surface area contributed by atoms with Crippen molar-refractivity contribution < 1.29 is 42.1 Å². The van der Waals surface area contributed by atoms with E-state index in [0.717, 1.165) is 23.1 Å². The van der Waals surface area contributed by atoms with E-state index in [0.29, 0.717) is 11.1 Å². The number of alkyl halides is 3. The van der Waals surface area contributed by atoms with Crippen LogP contribution >= 0.6 is 12.4 Å². The van der Waals surface area contributed by atoms with E-state index in [2.05, 4.69) is 10.1 Å². The van der Waals surface area contributed by atoms with Gasteiger partial charge in [0.25, 0.3) is 17.7 Å². The van der Waals surface area contributed by atoms with Crippen LogP contribution in [0, 0.1) is 11.3 Å². The van der Waals surface area contributed by atoms with Crippen molar-refractivity contribution in [3.63, 3.8) is 0 Å². The van der Waals surface area contributed by atoms with Gasteiger partial charge in [-0.1, -0.05) is 0 Å². The summed E-state index contributed by atoms with van der Waals surface area (Å²) >= 11 is 0. The van der Waals surface area contributed by atoms with Crippen molar-refractivity contribution in [3.05, 3.63) is 53.1 Å². The van der Waals surface area contributed by atoms with Crippen LogP contribution in [0.15, 0.2) is 36.4 Å². The average molecular weight is 544 g/mol. The van der Waals surface area contributed by atoms with Gasteiger partial charge in [-0.2, -0.15) is 5.26 Å². The summed E-state index contributed by atoms with van der Waals surface area (Å²) in [6.45, 7) is -0.295. The van der Waals surface area contributed by atoms with E-state index in [1.165, 1.54) is 18.2 Å². The van der Waals surface area contributed by atoms with Crippen LogP contribution in [0.5, 0.6) is 5.75 Å². The first-order valence-electron chi connectivity index (χ1n) is 10.3. The summed E-state index contributed by atoms with van der Waals surface area (Å²) in [7, 11) is 0. The third kappa shape index (κ3) is 6.86. The van der Waals surface area contributed by atoms with Crippen molar-refractivity contribution in [2.75, 3.05) is 23.4 Å². The molecule has 3 amide bonds. The Morgan fingerprint density at radius 2 is 2.00 bits per heavy atom. The maximum absolute atomic E-state index is 13.0. The molecule has 0 bridgehead atoms. The van der Waals surface area contributed by atoms with Crippen LogP contribution in [0.3, 0.4) is 0 Å². The average Bonchev–Trinajstić information content (AvgIpc) is 2.82. The Kier molecular flexibility index (Phi) is 9.43. The standard InChI is InChI=1S/C22H20F3N5O6.ClH/c23-22(24,25)36-14-3-4-16(15(8-14)19(28)32)30-5-6-35-18(21(30)34)17(31)20(33)29-13-2-1-11(9-26)12(7-13)10-27;/h1-4,7-8,17-18,31H,5-6,10,27H2,(H2,28,32)(H,29,33);1H/t17-,18-;/m1./s1. The predicted molar refractivity (Wildman–Crippen MR) is 125 cm³/mol. The quantitative estimate of drug-likeness (QED) is 0.401. The van der Waals surface area contributed by atoms with E-state index in [9.17, 15) is 32.7 Å². The largest absolute Gasteiger partial charge is 0.573 e. The summed E-state index contributed by atoms with van der Waals surface area (Å²) in [5.41, 5.74) is 11.2. The number of benzene rings is 2. The van der Waals surface area contributed by atoms with Gasteiger partial charge in [0, 0.05) is 18.8 Å². The number of nitrogens with one attached hydrogen (secondary N) is 1. The van der Waals surface area contributed by atoms with E-state index in [1.807, 2.05) is 6.07 Å². The summed E-state index contributed by atoms with van der Waals surface area (Å²) in [4.78, 5) is 38.5. The molecule has 0 aromatic heterocycles. The molecule has 0 spiro atoms. The summed E-state index contributed by atoms with van der Waals surface area (Å²) in [6, 6.07) is 8.85. The van der Waals surface area contributed by atoms with Crippen LogP contribution in [0.1, 0.15) is 21.5 Å². The van der Waals surface area contributed by atoms with E-state index in [4.69, 9.17) is 21.5 Å². The van der Waals surface area contributed by atoms with Crippen LogP contribution in [0.25, 0.3) is 0 Å². The van der Waals surface area contributed by atoms with Gasteiger partial charge in [0.1, 0.15) is 5.75 Å². The lowest BCUT2D eigenvalue weighted by atomic mass is 10.1. The Bertz CT molecular complexity index is 1240. The summed E-state index contributed by atoms with van der Waals surface area (Å²) < 4.78 is 46.7. The molecule has 198 valence electrons. The zero-order chi connectivity index (χ0) is 26.6. The number of halogens is 4. The number of hydrogen-bond acceptors (Lipinski definition) is 8. The molecule has 6 N–H and O–H groups in total. The molecule has 2 aromatic carbocycles.